The molecule has 0 unspecified atom stereocenters. The molecule has 2 aliphatic rings. The maximum atomic E-state index is 12.4. The average Bonchev–Trinajstić information content (AvgIpc) is 2.93. The fraction of sp³-hybridized carbons (Fsp3) is 0.357. The molecule has 0 aliphatic carbocycles. The monoisotopic (exact) mass is 286 g/mol. The summed E-state index contributed by atoms with van der Waals surface area (Å²) in [5.41, 5.74) is 0.872. The fourth-order valence-corrected chi connectivity index (χ4v) is 2.35. The molecule has 1 N–H and O–H groups in total. The van der Waals surface area contributed by atoms with E-state index in [1.54, 1.807) is 29.1 Å². The summed E-state index contributed by atoms with van der Waals surface area (Å²) in [5, 5.41) is 11.2. The van der Waals surface area contributed by atoms with Crippen LogP contribution in [-0.2, 0) is 0 Å². The van der Waals surface area contributed by atoms with Crippen molar-refractivity contribution in [1.82, 2.24) is 20.3 Å². The number of nitrogens with zero attached hydrogens (tertiary/aromatic N) is 3. The van der Waals surface area contributed by atoms with Gasteiger partial charge in [-0.15, -0.1) is 5.10 Å². The summed E-state index contributed by atoms with van der Waals surface area (Å²) in [7, 11) is 0. The Hall–Kier alpha value is -2.41. The van der Waals surface area contributed by atoms with Crippen LogP contribution in [0.15, 0.2) is 24.4 Å². The van der Waals surface area contributed by atoms with Crippen LogP contribution < -0.4 is 14.8 Å². The van der Waals surface area contributed by atoms with E-state index in [4.69, 9.17) is 9.47 Å². The second-order valence-electron chi connectivity index (χ2n) is 5.08. The molecule has 0 bridgehead atoms. The SMILES string of the molecule is O=C(c1ccc2c(c1)OCCO2)c1cn(C2CNC2)nn1. The third-order valence-electron chi connectivity index (χ3n) is 3.68. The van der Waals surface area contributed by atoms with E-state index in [1.165, 1.54) is 0 Å². The molecule has 2 aromatic rings. The molecule has 1 aromatic heterocycles. The molecule has 21 heavy (non-hydrogen) atoms. The van der Waals surface area contributed by atoms with Crippen molar-refractivity contribution in [3.05, 3.63) is 35.7 Å². The number of carbonyl (C=O) groups is 1. The highest BCUT2D eigenvalue weighted by atomic mass is 16.6. The maximum absolute atomic E-state index is 12.4. The van der Waals surface area contributed by atoms with Gasteiger partial charge in [-0.1, -0.05) is 5.21 Å². The standard InChI is InChI=1S/C14H14N4O3/c19-14(11-8-18(17-16-11)10-6-15-7-10)9-1-2-12-13(5-9)21-4-3-20-12/h1-2,5,8,10,15H,3-4,6-7H2. The summed E-state index contributed by atoms with van der Waals surface area (Å²) in [6.07, 6.45) is 1.70. The van der Waals surface area contributed by atoms with E-state index in [9.17, 15) is 4.79 Å². The molecule has 1 fully saturated rings. The topological polar surface area (TPSA) is 78.3 Å². The largest absolute Gasteiger partial charge is 0.486 e. The molecule has 4 rings (SSSR count). The minimum atomic E-state index is -0.162. The van der Waals surface area contributed by atoms with Crippen LogP contribution in [0, 0.1) is 0 Å². The van der Waals surface area contributed by atoms with Crippen LogP contribution in [0.25, 0.3) is 0 Å². The molecule has 2 aliphatic heterocycles. The first-order valence-electron chi connectivity index (χ1n) is 6.88. The molecule has 0 spiro atoms. The Morgan fingerprint density at radius 3 is 2.81 bits per heavy atom. The van der Waals surface area contributed by atoms with Gasteiger partial charge in [0.2, 0.25) is 5.78 Å². The van der Waals surface area contributed by atoms with E-state index in [2.05, 4.69) is 15.6 Å². The second kappa shape index (κ2) is 4.85. The number of fused-ring (bicyclic) bond motifs is 1. The van der Waals surface area contributed by atoms with E-state index in [0.717, 1.165) is 13.1 Å². The zero-order valence-electron chi connectivity index (χ0n) is 11.3. The van der Waals surface area contributed by atoms with Gasteiger partial charge in [-0.05, 0) is 18.2 Å². The van der Waals surface area contributed by atoms with E-state index in [-0.39, 0.29) is 5.78 Å². The molecule has 0 amide bonds. The number of nitrogens with one attached hydrogen (secondary N) is 1. The normalized spacial score (nSPS) is 17.3. The van der Waals surface area contributed by atoms with Crippen molar-refractivity contribution in [1.29, 1.82) is 0 Å². The van der Waals surface area contributed by atoms with Crippen molar-refractivity contribution in [3.63, 3.8) is 0 Å². The molecule has 108 valence electrons. The third-order valence-corrected chi connectivity index (χ3v) is 3.68. The van der Waals surface area contributed by atoms with Crippen molar-refractivity contribution in [2.24, 2.45) is 0 Å². The lowest BCUT2D eigenvalue weighted by molar-refractivity contribution is 0.103. The van der Waals surface area contributed by atoms with Gasteiger partial charge in [0.05, 0.1) is 12.2 Å². The van der Waals surface area contributed by atoms with Gasteiger partial charge in [-0.3, -0.25) is 4.79 Å². The predicted octanol–water partition coefficient (Wildman–Crippen LogP) is 0.425. The van der Waals surface area contributed by atoms with Gasteiger partial charge in [0, 0.05) is 18.7 Å². The number of benzene rings is 1. The Morgan fingerprint density at radius 2 is 2.05 bits per heavy atom. The van der Waals surface area contributed by atoms with Crippen LogP contribution in [0.4, 0.5) is 0 Å². The Balaban J connectivity index is 1.60. The predicted molar refractivity (Wildman–Crippen MR) is 72.8 cm³/mol. The molecule has 0 radical (unpaired) electrons. The maximum Gasteiger partial charge on any atom is 0.215 e. The van der Waals surface area contributed by atoms with E-state index >= 15 is 0 Å². The third kappa shape index (κ3) is 2.15. The zero-order chi connectivity index (χ0) is 14.2. The first-order valence-corrected chi connectivity index (χ1v) is 6.88. The number of aromatic nitrogens is 3. The first-order chi connectivity index (χ1) is 10.3. The highest BCUT2D eigenvalue weighted by Gasteiger charge is 2.23. The number of ether oxygens (including phenoxy) is 2. The van der Waals surface area contributed by atoms with Crippen LogP contribution >= 0.6 is 0 Å². The first kappa shape index (κ1) is 12.3. The fourth-order valence-electron chi connectivity index (χ4n) is 2.35. The summed E-state index contributed by atoms with van der Waals surface area (Å²) in [6, 6.07) is 5.46. The summed E-state index contributed by atoms with van der Waals surface area (Å²) < 4.78 is 12.7. The highest BCUT2D eigenvalue weighted by Crippen LogP contribution is 2.31. The van der Waals surface area contributed by atoms with Crippen LogP contribution in [0.5, 0.6) is 11.5 Å². The van der Waals surface area contributed by atoms with Crippen molar-refractivity contribution in [2.45, 2.75) is 6.04 Å². The summed E-state index contributed by atoms with van der Waals surface area (Å²) in [4.78, 5) is 12.4. The van der Waals surface area contributed by atoms with Gasteiger partial charge in [-0.2, -0.15) is 0 Å². The van der Waals surface area contributed by atoms with Crippen LogP contribution in [0.2, 0.25) is 0 Å². The molecule has 1 saturated heterocycles. The lowest BCUT2D eigenvalue weighted by Gasteiger charge is -2.26. The molecule has 0 atom stereocenters. The number of rotatable bonds is 3. The smallest absolute Gasteiger partial charge is 0.215 e. The molecule has 7 heteroatoms. The summed E-state index contributed by atoms with van der Waals surface area (Å²) in [5.74, 6) is 1.11. The lowest BCUT2D eigenvalue weighted by atomic mass is 10.1. The highest BCUT2D eigenvalue weighted by molar-refractivity contribution is 6.07. The summed E-state index contributed by atoms with van der Waals surface area (Å²) in [6.45, 7) is 2.75. The van der Waals surface area contributed by atoms with E-state index in [1.807, 2.05) is 0 Å². The molecular weight excluding hydrogens is 272 g/mol. The van der Waals surface area contributed by atoms with Crippen molar-refractivity contribution < 1.29 is 14.3 Å². The number of hydrogen-bond donors (Lipinski definition) is 1. The van der Waals surface area contributed by atoms with Gasteiger partial charge >= 0.3 is 0 Å². The van der Waals surface area contributed by atoms with Crippen LogP contribution in [0.1, 0.15) is 22.1 Å². The van der Waals surface area contributed by atoms with Crippen molar-refractivity contribution >= 4 is 5.78 Å². The number of ketones is 1. The van der Waals surface area contributed by atoms with Gasteiger partial charge in [0.15, 0.2) is 17.2 Å². The molecule has 7 nitrogen and oxygen atoms in total. The minimum absolute atomic E-state index is 0.162. The molecule has 1 aromatic carbocycles. The van der Waals surface area contributed by atoms with Gasteiger partial charge in [0.1, 0.15) is 13.2 Å². The van der Waals surface area contributed by atoms with Crippen molar-refractivity contribution in [3.8, 4) is 11.5 Å². The zero-order valence-corrected chi connectivity index (χ0v) is 11.3. The number of hydrogen-bond acceptors (Lipinski definition) is 6. The van der Waals surface area contributed by atoms with Crippen molar-refractivity contribution in [2.75, 3.05) is 26.3 Å². The number of carbonyl (C=O) groups excluding carboxylic acids is 1. The van der Waals surface area contributed by atoms with Crippen LogP contribution in [-0.4, -0.2) is 47.1 Å². The van der Waals surface area contributed by atoms with Crippen LogP contribution in [0.3, 0.4) is 0 Å². The van der Waals surface area contributed by atoms with E-state index < -0.39 is 0 Å². The average molecular weight is 286 g/mol. The Bertz CT molecular complexity index is 693. The minimum Gasteiger partial charge on any atom is -0.486 e. The second-order valence-corrected chi connectivity index (χ2v) is 5.08. The molecule has 3 heterocycles. The summed E-state index contributed by atoms with van der Waals surface area (Å²) >= 11 is 0. The van der Waals surface area contributed by atoms with E-state index in [0.29, 0.717) is 42.0 Å². The van der Waals surface area contributed by atoms with Gasteiger partial charge in [-0.25, -0.2) is 4.68 Å². The Kier molecular flexibility index (Phi) is 2.85. The Morgan fingerprint density at radius 1 is 1.24 bits per heavy atom. The quantitative estimate of drug-likeness (QED) is 0.824. The lowest BCUT2D eigenvalue weighted by Crippen LogP contribution is -2.43. The Labute approximate surface area is 120 Å². The van der Waals surface area contributed by atoms with Gasteiger partial charge in [0.25, 0.3) is 0 Å². The molecule has 0 saturated carbocycles. The molecular formula is C14H14N4O3. The van der Waals surface area contributed by atoms with Gasteiger partial charge < -0.3 is 14.8 Å².